The Labute approximate surface area is 126 Å². The molecule has 2 aliphatic rings. The predicted molar refractivity (Wildman–Crippen MR) is 82.4 cm³/mol. The molecule has 2 heterocycles. The minimum absolute atomic E-state index is 0.299. The Balaban J connectivity index is 1.65. The van der Waals surface area contributed by atoms with Gasteiger partial charge in [-0.25, -0.2) is 0 Å². The fourth-order valence-corrected chi connectivity index (χ4v) is 3.46. The number of carbonyl (C=O) groups is 1. The lowest BCUT2D eigenvalue weighted by molar-refractivity contribution is -0.131. The van der Waals surface area contributed by atoms with Gasteiger partial charge in [0, 0.05) is 19.1 Å². The maximum atomic E-state index is 12.3. The molecule has 1 atom stereocenters. The van der Waals surface area contributed by atoms with Gasteiger partial charge in [-0.2, -0.15) is 0 Å². The van der Waals surface area contributed by atoms with Gasteiger partial charge < -0.3 is 9.64 Å². The lowest BCUT2D eigenvalue weighted by atomic mass is 10.0. The molecule has 1 aromatic rings. The summed E-state index contributed by atoms with van der Waals surface area (Å²) in [5.41, 5.74) is 1.29. The lowest BCUT2D eigenvalue weighted by Gasteiger charge is -2.26. The SMILES string of the molecule is COc1ccc(C2CCCN2CC(=O)N2CCCC2)cc1. The number of carbonyl (C=O) groups excluding carboxylic acids is 1. The van der Waals surface area contributed by atoms with Crippen molar-refractivity contribution >= 4 is 5.91 Å². The lowest BCUT2D eigenvalue weighted by Crippen LogP contribution is -2.38. The Morgan fingerprint density at radius 1 is 1.14 bits per heavy atom. The normalized spacial score (nSPS) is 22.7. The van der Waals surface area contributed by atoms with Crippen LogP contribution in [0.4, 0.5) is 0 Å². The molecule has 114 valence electrons. The number of hydrogen-bond acceptors (Lipinski definition) is 3. The van der Waals surface area contributed by atoms with E-state index in [-0.39, 0.29) is 0 Å². The Bertz CT molecular complexity index is 480. The van der Waals surface area contributed by atoms with Crippen LogP contribution in [0.25, 0.3) is 0 Å². The molecule has 0 aliphatic carbocycles. The summed E-state index contributed by atoms with van der Waals surface area (Å²) in [6.45, 7) is 3.48. The molecule has 0 aromatic heterocycles. The molecular formula is C17H24N2O2. The summed E-state index contributed by atoms with van der Waals surface area (Å²) in [7, 11) is 1.69. The van der Waals surface area contributed by atoms with Gasteiger partial charge in [0.1, 0.15) is 5.75 Å². The highest BCUT2D eigenvalue weighted by molar-refractivity contribution is 5.78. The summed E-state index contributed by atoms with van der Waals surface area (Å²) < 4.78 is 5.22. The highest BCUT2D eigenvalue weighted by atomic mass is 16.5. The van der Waals surface area contributed by atoms with Crippen LogP contribution in [0, 0.1) is 0 Å². The molecule has 2 saturated heterocycles. The highest BCUT2D eigenvalue weighted by Crippen LogP contribution is 2.32. The van der Waals surface area contributed by atoms with Gasteiger partial charge in [-0.05, 0) is 49.9 Å². The van der Waals surface area contributed by atoms with E-state index in [9.17, 15) is 4.79 Å². The van der Waals surface area contributed by atoms with Crippen LogP contribution in [0.2, 0.25) is 0 Å². The van der Waals surface area contributed by atoms with E-state index in [4.69, 9.17) is 4.74 Å². The number of amides is 1. The number of methoxy groups -OCH3 is 1. The zero-order valence-electron chi connectivity index (χ0n) is 12.8. The van der Waals surface area contributed by atoms with Crippen molar-refractivity contribution in [3.63, 3.8) is 0 Å². The van der Waals surface area contributed by atoms with Crippen molar-refractivity contribution in [2.45, 2.75) is 31.7 Å². The second-order valence-electron chi connectivity index (χ2n) is 5.99. The Kier molecular flexibility index (Phi) is 4.44. The van der Waals surface area contributed by atoms with Crippen molar-refractivity contribution in [3.8, 4) is 5.75 Å². The minimum Gasteiger partial charge on any atom is -0.497 e. The van der Waals surface area contributed by atoms with E-state index in [1.807, 2.05) is 17.0 Å². The van der Waals surface area contributed by atoms with Crippen molar-refractivity contribution in [2.24, 2.45) is 0 Å². The molecule has 0 radical (unpaired) electrons. The third-order valence-electron chi connectivity index (χ3n) is 4.66. The molecule has 4 nitrogen and oxygen atoms in total. The average molecular weight is 288 g/mol. The molecular weight excluding hydrogens is 264 g/mol. The fourth-order valence-electron chi connectivity index (χ4n) is 3.46. The standard InChI is InChI=1S/C17H24N2O2/c1-21-15-8-6-14(7-9-15)16-5-4-12-19(16)13-17(20)18-10-2-3-11-18/h6-9,16H,2-5,10-13H2,1H3. The third-order valence-corrected chi connectivity index (χ3v) is 4.66. The molecule has 3 rings (SSSR count). The van der Waals surface area contributed by atoms with Gasteiger partial charge in [0.15, 0.2) is 0 Å². The first-order chi connectivity index (χ1) is 10.3. The summed E-state index contributed by atoms with van der Waals surface area (Å²) in [4.78, 5) is 16.7. The van der Waals surface area contributed by atoms with Crippen molar-refractivity contribution in [1.82, 2.24) is 9.80 Å². The zero-order valence-corrected chi connectivity index (χ0v) is 12.8. The fraction of sp³-hybridized carbons (Fsp3) is 0.588. The number of rotatable bonds is 4. The first-order valence-electron chi connectivity index (χ1n) is 7.94. The van der Waals surface area contributed by atoms with Crippen molar-refractivity contribution in [2.75, 3.05) is 33.3 Å². The molecule has 2 fully saturated rings. The summed E-state index contributed by atoms with van der Waals surface area (Å²) >= 11 is 0. The molecule has 0 bridgehead atoms. The number of benzene rings is 1. The second kappa shape index (κ2) is 6.48. The first kappa shape index (κ1) is 14.4. The maximum Gasteiger partial charge on any atom is 0.236 e. The topological polar surface area (TPSA) is 32.8 Å². The van der Waals surface area contributed by atoms with E-state index in [1.54, 1.807) is 7.11 Å². The van der Waals surface area contributed by atoms with Gasteiger partial charge in [0.05, 0.1) is 13.7 Å². The molecule has 4 heteroatoms. The van der Waals surface area contributed by atoms with Crippen LogP contribution in [-0.4, -0.2) is 49.0 Å². The number of hydrogen-bond donors (Lipinski definition) is 0. The van der Waals surface area contributed by atoms with Crippen LogP contribution >= 0.6 is 0 Å². The van der Waals surface area contributed by atoms with Crippen molar-refractivity contribution < 1.29 is 9.53 Å². The van der Waals surface area contributed by atoms with Crippen LogP contribution < -0.4 is 4.74 Å². The van der Waals surface area contributed by atoms with Gasteiger partial charge in [-0.3, -0.25) is 9.69 Å². The molecule has 0 saturated carbocycles. The quantitative estimate of drug-likeness (QED) is 0.853. The van der Waals surface area contributed by atoms with Crippen molar-refractivity contribution in [3.05, 3.63) is 29.8 Å². The smallest absolute Gasteiger partial charge is 0.236 e. The summed E-state index contributed by atoms with van der Waals surface area (Å²) in [6.07, 6.45) is 4.63. The molecule has 21 heavy (non-hydrogen) atoms. The minimum atomic E-state index is 0.299. The predicted octanol–water partition coefficient (Wildman–Crippen LogP) is 2.45. The maximum absolute atomic E-state index is 12.3. The third kappa shape index (κ3) is 3.21. The molecule has 1 unspecified atom stereocenters. The highest BCUT2D eigenvalue weighted by Gasteiger charge is 2.29. The van der Waals surface area contributed by atoms with Gasteiger partial charge in [0.2, 0.25) is 5.91 Å². The first-order valence-corrected chi connectivity index (χ1v) is 7.94. The summed E-state index contributed by atoms with van der Waals surface area (Å²) in [5, 5.41) is 0. The van der Waals surface area contributed by atoms with E-state index in [0.29, 0.717) is 18.5 Å². The second-order valence-corrected chi connectivity index (χ2v) is 5.99. The van der Waals surface area contributed by atoms with Crippen LogP contribution in [0.15, 0.2) is 24.3 Å². The Morgan fingerprint density at radius 3 is 2.52 bits per heavy atom. The van der Waals surface area contributed by atoms with E-state index < -0.39 is 0 Å². The Hall–Kier alpha value is -1.55. The van der Waals surface area contributed by atoms with Crippen LogP contribution in [0.3, 0.4) is 0 Å². The summed E-state index contributed by atoms with van der Waals surface area (Å²) in [5.74, 6) is 1.18. The van der Waals surface area contributed by atoms with E-state index in [2.05, 4.69) is 17.0 Å². The van der Waals surface area contributed by atoms with E-state index in [1.165, 1.54) is 12.0 Å². The monoisotopic (exact) mass is 288 g/mol. The largest absolute Gasteiger partial charge is 0.497 e. The molecule has 0 N–H and O–H groups in total. The number of nitrogens with zero attached hydrogens (tertiary/aromatic N) is 2. The van der Waals surface area contributed by atoms with E-state index >= 15 is 0 Å². The average Bonchev–Trinajstić information content (AvgIpc) is 3.19. The molecule has 1 amide bonds. The molecule has 2 aliphatic heterocycles. The molecule has 1 aromatic carbocycles. The van der Waals surface area contributed by atoms with E-state index in [0.717, 1.165) is 44.6 Å². The van der Waals surface area contributed by atoms with Gasteiger partial charge in [0.25, 0.3) is 0 Å². The molecule has 0 spiro atoms. The van der Waals surface area contributed by atoms with Crippen molar-refractivity contribution in [1.29, 1.82) is 0 Å². The van der Waals surface area contributed by atoms with Crippen LogP contribution in [0.5, 0.6) is 5.75 Å². The number of ether oxygens (including phenoxy) is 1. The van der Waals surface area contributed by atoms with Gasteiger partial charge >= 0.3 is 0 Å². The Morgan fingerprint density at radius 2 is 1.86 bits per heavy atom. The zero-order chi connectivity index (χ0) is 14.7. The summed E-state index contributed by atoms with van der Waals surface area (Å²) in [6, 6.07) is 8.65. The van der Waals surface area contributed by atoms with Crippen LogP contribution in [0.1, 0.15) is 37.3 Å². The van der Waals surface area contributed by atoms with Gasteiger partial charge in [-0.1, -0.05) is 12.1 Å². The van der Waals surface area contributed by atoms with Crippen LogP contribution in [-0.2, 0) is 4.79 Å². The number of likely N-dealkylation sites (tertiary alicyclic amines) is 2. The van der Waals surface area contributed by atoms with Gasteiger partial charge in [-0.15, -0.1) is 0 Å².